The van der Waals surface area contributed by atoms with E-state index in [1.165, 1.54) is 23.2 Å². The minimum Gasteiger partial charge on any atom is -0.619 e. The molecule has 5 nitrogen and oxygen atoms in total. The lowest BCUT2D eigenvalue weighted by Gasteiger charge is -1.98. The highest BCUT2D eigenvalue weighted by Gasteiger charge is 2.06. The summed E-state index contributed by atoms with van der Waals surface area (Å²) in [5.41, 5.74) is 3.21. The molecule has 0 spiro atoms. The van der Waals surface area contributed by atoms with Crippen molar-refractivity contribution in [2.75, 3.05) is 7.11 Å². The first kappa shape index (κ1) is 14.8. The quantitative estimate of drug-likeness (QED) is 0.433. The first-order chi connectivity index (χ1) is 11.2. The number of fused-ring (bicyclic) bond motifs is 3. The van der Waals surface area contributed by atoms with Crippen molar-refractivity contribution >= 4 is 21.8 Å². The molecule has 0 aliphatic rings. The molecule has 0 aliphatic heterocycles. The van der Waals surface area contributed by atoms with Crippen LogP contribution in [-0.2, 0) is 0 Å². The average molecular weight is 307 g/mol. The van der Waals surface area contributed by atoms with Gasteiger partial charge in [-0.25, -0.2) is 0 Å². The highest BCUT2D eigenvalue weighted by Crippen LogP contribution is 2.28. The predicted molar refractivity (Wildman–Crippen MR) is 90.3 cm³/mol. The molecule has 0 unspecified atom stereocenters. The van der Waals surface area contributed by atoms with Gasteiger partial charge in [-0.3, -0.25) is 4.98 Å². The number of rotatable bonds is 1. The number of aromatic amines is 1. The van der Waals surface area contributed by atoms with Gasteiger partial charge in [-0.15, -0.1) is 0 Å². The number of hydrogen-bond acceptors (Lipinski definition) is 3. The van der Waals surface area contributed by atoms with Crippen LogP contribution in [0.15, 0.2) is 61.1 Å². The van der Waals surface area contributed by atoms with Crippen LogP contribution in [0.2, 0.25) is 0 Å². The van der Waals surface area contributed by atoms with Gasteiger partial charge in [0.2, 0.25) is 0 Å². The van der Waals surface area contributed by atoms with Crippen molar-refractivity contribution in [1.29, 1.82) is 0 Å². The Labute approximate surface area is 133 Å². The van der Waals surface area contributed by atoms with E-state index in [9.17, 15) is 5.21 Å². The predicted octanol–water partition coefficient (Wildman–Crippen LogP) is 3.35. The van der Waals surface area contributed by atoms with Gasteiger partial charge in [0, 0.05) is 35.2 Å². The molecule has 0 saturated carbocycles. The van der Waals surface area contributed by atoms with Crippen LogP contribution in [0.5, 0.6) is 5.75 Å². The summed E-state index contributed by atoms with van der Waals surface area (Å²) in [6.07, 6.45) is 4.73. The summed E-state index contributed by atoms with van der Waals surface area (Å²) in [5, 5.41) is 12.6. The molecule has 0 aliphatic carbocycles. The maximum atomic E-state index is 10.2. The van der Waals surface area contributed by atoms with Crippen molar-refractivity contribution in [3.05, 3.63) is 72.0 Å². The van der Waals surface area contributed by atoms with Gasteiger partial charge >= 0.3 is 0 Å². The Morgan fingerprint density at radius 3 is 2.52 bits per heavy atom. The minimum absolute atomic E-state index is 0.750. The van der Waals surface area contributed by atoms with E-state index in [1.54, 1.807) is 25.3 Å². The number of nitrogens with one attached hydrogen (secondary N) is 1. The summed E-state index contributed by atoms with van der Waals surface area (Å²) in [5.74, 6) is 0.865. The Morgan fingerprint density at radius 2 is 1.87 bits per heavy atom. The van der Waals surface area contributed by atoms with E-state index in [0.29, 0.717) is 0 Å². The molecule has 0 saturated heterocycles. The lowest BCUT2D eigenvalue weighted by atomic mass is 10.1. The van der Waals surface area contributed by atoms with Crippen LogP contribution in [0, 0.1) is 12.1 Å². The van der Waals surface area contributed by atoms with Gasteiger partial charge in [0.15, 0.2) is 12.4 Å². The van der Waals surface area contributed by atoms with Crippen LogP contribution in [0.1, 0.15) is 5.69 Å². The Hall–Kier alpha value is -3.08. The summed E-state index contributed by atoms with van der Waals surface area (Å²) >= 11 is 0. The molecule has 4 rings (SSSR count). The molecule has 0 radical (unpaired) electrons. The zero-order valence-corrected chi connectivity index (χ0v) is 13.0. The Kier molecular flexibility index (Phi) is 4.10. The fourth-order valence-electron chi connectivity index (χ4n) is 2.45. The standard InChI is InChI=1S/C13H12N2O.C5H5NO/c1-8-13-11(5-6-14-8)10-4-3-9(16-2)7-12(10)15-13;7-6-4-2-1-3-5-6/h3-7,15H,1-2H3;1-5H. The van der Waals surface area contributed by atoms with Gasteiger partial charge in [0.25, 0.3) is 0 Å². The second-order valence-electron chi connectivity index (χ2n) is 5.09. The fourth-order valence-corrected chi connectivity index (χ4v) is 2.45. The lowest BCUT2D eigenvalue weighted by molar-refractivity contribution is -0.605. The Bertz CT molecular complexity index is 933. The van der Waals surface area contributed by atoms with E-state index in [4.69, 9.17) is 4.74 Å². The van der Waals surface area contributed by atoms with Gasteiger partial charge in [-0.2, -0.15) is 4.73 Å². The van der Waals surface area contributed by atoms with Crippen molar-refractivity contribution in [1.82, 2.24) is 9.97 Å². The number of pyridine rings is 2. The molecule has 0 amide bonds. The summed E-state index contributed by atoms with van der Waals surface area (Å²) in [4.78, 5) is 7.66. The number of aryl methyl sites for hydroxylation is 1. The fraction of sp³-hybridized carbons (Fsp3) is 0.111. The molecule has 23 heavy (non-hydrogen) atoms. The van der Waals surface area contributed by atoms with Crippen LogP contribution >= 0.6 is 0 Å². The van der Waals surface area contributed by atoms with Gasteiger partial charge in [-0.1, -0.05) is 6.07 Å². The van der Waals surface area contributed by atoms with E-state index in [0.717, 1.165) is 27.2 Å². The molecule has 3 aromatic heterocycles. The summed E-state index contributed by atoms with van der Waals surface area (Å²) in [6.45, 7) is 2.01. The smallest absolute Gasteiger partial charge is 0.180 e. The number of nitrogens with zero attached hydrogens (tertiary/aromatic N) is 2. The van der Waals surface area contributed by atoms with Gasteiger partial charge < -0.3 is 14.9 Å². The van der Waals surface area contributed by atoms with E-state index >= 15 is 0 Å². The monoisotopic (exact) mass is 307 g/mol. The minimum atomic E-state index is 0.750. The molecule has 3 heterocycles. The number of H-pyrrole nitrogens is 1. The molecule has 0 bridgehead atoms. The Balaban J connectivity index is 0.000000188. The van der Waals surface area contributed by atoms with E-state index in [-0.39, 0.29) is 0 Å². The van der Waals surface area contributed by atoms with Crippen molar-refractivity contribution in [2.45, 2.75) is 6.92 Å². The van der Waals surface area contributed by atoms with Gasteiger partial charge in [-0.05, 0) is 25.1 Å². The number of methoxy groups -OCH3 is 1. The molecule has 1 N–H and O–H groups in total. The van der Waals surface area contributed by atoms with Crippen molar-refractivity contribution in [3.8, 4) is 5.75 Å². The number of hydrogen-bond donors (Lipinski definition) is 1. The first-order valence-corrected chi connectivity index (χ1v) is 7.24. The van der Waals surface area contributed by atoms with E-state index in [1.807, 2.05) is 31.3 Å². The van der Waals surface area contributed by atoms with Crippen LogP contribution in [0.25, 0.3) is 21.8 Å². The summed E-state index contributed by atoms with van der Waals surface area (Å²) < 4.78 is 5.96. The zero-order valence-electron chi connectivity index (χ0n) is 13.0. The average Bonchev–Trinajstić information content (AvgIpc) is 2.95. The third kappa shape index (κ3) is 3.08. The molecular weight excluding hydrogens is 290 g/mol. The van der Waals surface area contributed by atoms with Crippen LogP contribution in [0.4, 0.5) is 0 Å². The molecule has 116 valence electrons. The van der Waals surface area contributed by atoms with Crippen LogP contribution < -0.4 is 9.47 Å². The maximum absolute atomic E-state index is 10.2. The van der Waals surface area contributed by atoms with Crippen molar-refractivity contribution in [2.24, 2.45) is 0 Å². The molecular formula is C18H17N3O2. The van der Waals surface area contributed by atoms with Crippen LogP contribution in [-0.4, -0.2) is 17.1 Å². The molecule has 1 aromatic carbocycles. The molecule has 4 aromatic rings. The SMILES string of the molecule is COc1ccc2c(c1)[nH]c1c(C)nccc12.[O-][n+]1ccccc1. The molecule has 0 fully saturated rings. The topological polar surface area (TPSA) is 64.8 Å². The third-order valence-electron chi connectivity index (χ3n) is 3.61. The zero-order chi connectivity index (χ0) is 16.2. The highest BCUT2D eigenvalue weighted by atomic mass is 16.5. The van der Waals surface area contributed by atoms with Gasteiger partial charge in [0.05, 0.1) is 23.8 Å². The van der Waals surface area contributed by atoms with Crippen LogP contribution in [0.3, 0.4) is 0 Å². The Morgan fingerprint density at radius 1 is 1.09 bits per heavy atom. The molecule has 0 atom stereocenters. The molecule has 5 heteroatoms. The maximum Gasteiger partial charge on any atom is 0.180 e. The second-order valence-corrected chi connectivity index (χ2v) is 5.09. The number of ether oxygens (including phenoxy) is 1. The van der Waals surface area contributed by atoms with E-state index in [2.05, 4.69) is 16.0 Å². The normalized spacial score (nSPS) is 10.3. The largest absolute Gasteiger partial charge is 0.619 e. The third-order valence-corrected chi connectivity index (χ3v) is 3.61. The highest BCUT2D eigenvalue weighted by molar-refractivity contribution is 6.08. The number of aromatic nitrogens is 3. The first-order valence-electron chi connectivity index (χ1n) is 7.24. The van der Waals surface area contributed by atoms with Gasteiger partial charge in [0.1, 0.15) is 5.75 Å². The summed E-state index contributed by atoms with van der Waals surface area (Å²) in [6, 6.07) is 13.3. The van der Waals surface area contributed by atoms with Crippen molar-refractivity contribution in [3.63, 3.8) is 0 Å². The van der Waals surface area contributed by atoms with E-state index < -0.39 is 0 Å². The van der Waals surface area contributed by atoms with Crippen molar-refractivity contribution < 1.29 is 9.47 Å². The summed E-state index contributed by atoms with van der Waals surface area (Å²) in [7, 11) is 1.68. The second kappa shape index (κ2) is 6.36. The number of benzene rings is 1. The lowest BCUT2D eigenvalue weighted by Crippen LogP contribution is -2.22.